The average Bonchev–Trinajstić information content (AvgIpc) is 3.08. The van der Waals surface area contributed by atoms with Gasteiger partial charge < -0.3 is 14.3 Å². The number of carboxylic acid groups (broad SMARTS) is 1. The van der Waals surface area contributed by atoms with E-state index in [-0.39, 0.29) is 28.4 Å². The van der Waals surface area contributed by atoms with Gasteiger partial charge in [-0.05, 0) is 36.8 Å². The summed E-state index contributed by atoms with van der Waals surface area (Å²) >= 11 is 0. The van der Waals surface area contributed by atoms with Gasteiger partial charge in [-0.15, -0.1) is 0 Å². The minimum Gasteiger partial charge on any atom is -0.481 e. The SMILES string of the molecule is CCOC(=O)C(CC(=O)O)=C(c1ccc(S(C)(=O)=O)cc1)c1ccco1. The van der Waals surface area contributed by atoms with Crippen molar-refractivity contribution in [3.05, 3.63) is 59.6 Å². The number of carboxylic acids is 1. The van der Waals surface area contributed by atoms with Crippen molar-refractivity contribution in [2.45, 2.75) is 18.2 Å². The van der Waals surface area contributed by atoms with Crippen LogP contribution in [-0.4, -0.2) is 38.3 Å². The van der Waals surface area contributed by atoms with E-state index in [0.29, 0.717) is 5.56 Å². The number of esters is 1. The van der Waals surface area contributed by atoms with Crippen molar-refractivity contribution in [2.75, 3.05) is 12.9 Å². The summed E-state index contributed by atoms with van der Waals surface area (Å²) in [5.41, 5.74) is 0.606. The van der Waals surface area contributed by atoms with E-state index in [1.165, 1.54) is 30.5 Å². The van der Waals surface area contributed by atoms with Crippen molar-refractivity contribution < 1.29 is 32.3 Å². The largest absolute Gasteiger partial charge is 0.481 e. The van der Waals surface area contributed by atoms with Crippen LogP contribution in [0.4, 0.5) is 0 Å². The Morgan fingerprint density at radius 1 is 1.15 bits per heavy atom. The second-order valence-corrected chi connectivity index (χ2v) is 7.43. The van der Waals surface area contributed by atoms with E-state index in [9.17, 15) is 23.1 Å². The lowest BCUT2D eigenvalue weighted by Crippen LogP contribution is -2.14. The van der Waals surface area contributed by atoms with E-state index in [0.717, 1.165) is 6.26 Å². The molecular weight excluding hydrogens is 360 g/mol. The molecule has 0 amide bonds. The highest BCUT2D eigenvalue weighted by atomic mass is 32.2. The van der Waals surface area contributed by atoms with Gasteiger partial charge in [-0.1, -0.05) is 12.1 Å². The molecule has 0 atom stereocenters. The van der Waals surface area contributed by atoms with Gasteiger partial charge in [0, 0.05) is 11.8 Å². The predicted octanol–water partition coefficient (Wildman–Crippen LogP) is 2.52. The van der Waals surface area contributed by atoms with Crippen LogP contribution in [0.3, 0.4) is 0 Å². The van der Waals surface area contributed by atoms with E-state index in [4.69, 9.17) is 9.15 Å². The molecule has 0 bridgehead atoms. The molecule has 1 N–H and O–H groups in total. The molecule has 2 aromatic rings. The Hall–Kier alpha value is -2.87. The Balaban J connectivity index is 2.68. The zero-order valence-corrected chi connectivity index (χ0v) is 15.1. The number of carbonyl (C=O) groups excluding carboxylic acids is 1. The summed E-state index contributed by atoms with van der Waals surface area (Å²) in [5, 5.41) is 9.19. The molecule has 8 heteroatoms. The topological polar surface area (TPSA) is 111 Å². The number of aliphatic carboxylic acids is 1. The Bertz CT molecular complexity index is 920. The number of furan rings is 1. The molecule has 0 aliphatic carbocycles. The van der Waals surface area contributed by atoms with E-state index in [2.05, 4.69) is 0 Å². The first-order valence-corrected chi connectivity index (χ1v) is 9.59. The summed E-state index contributed by atoms with van der Waals surface area (Å²) in [4.78, 5) is 23.7. The fraction of sp³-hybridized carbons (Fsp3) is 0.222. The van der Waals surface area contributed by atoms with Crippen molar-refractivity contribution >= 4 is 27.3 Å². The third-order valence-electron chi connectivity index (χ3n) is 3.49. The predicted molar refractivity (Wildman–Crippen MR) is 93.2 cm³/mol. The maximum absolute atomic E-state index is 12.3. The zero-order chi connectivity index (χ0) is 19.3. The van der Waals surface area contributed by atoms with E-state index >= 15 is 0 Å². The summed E-state index contributed by atoms with van der Waals surface area (Å²) in [7, 11) is -3.39. The standard InChI is InChI=1S/C18H18O7S/c1-3-24-18(21)14(11-16(19)20)17(15-5-4-10-25-15)12-6-8-13(9-7-12)26(2,22)23/h4-10H,3,11H2,1-2H3,(H,19,20). The summed E-state index contributed by atoms with van der Waals surface area (Å²) in [5.74, 6) is -1.69. The second-order valence-electron chi connectivity index (χ2n) is 5.42. The Morgan fingerprint density at radius 2 is 1.81 bits per heavy atom. The summed E-state index contributed by atoms with van der Waals surface area (Å²) < 4.78 is 33.6. The van der Waals surface area contributed by atoms with Gasteiger partial charge in [0.25, 0.3) is 0 Å². The number of hydrogen-bond donors (Lipinski definition) is 1. The number of sulfone groups is 1. The van der Waals surface area contributed by atoms with Crippen molar-refractivity contribution in [2.24, 2.45) is 0 Å². The highest BCUT2D eigenvalue weighted by Crippen LogP contribution is 2.30. The van der Waals surface area contributed by atoms with Crippen LogP contribution in [0.5, 0.6) is 0 Å². The molecule has 26 heavy (non-hydrogen) atoms. The molecule has 138 valence electrons. The third-order valence-corrected chi connectivity index (χ3v) is 4.62. The molecule has 1 aromatic heterocycles. The number of carbonyl (C=O) groups is 2. The lowest BCUT2D eigenvalue weighted by atomic mass is 9.95. The fourth-order valence-corrected chi connectivity index (χ4v) is 3.02. The molecule has 0 spiro atoms. The fourth-order valence-electron chi connectivity index (χ4n) is 2.39. The van der Waals surface area contributed by atoms with Crippen molar-refractivity contribution in [1.82, 2.24) is 0 Å². The van der Waals surface area contributed by atoms with Crippen molar-refractivity contribution in [1.29, 1.82) is 0 Å². The number of benzene rings is 1. The minimum atomic E-state index is -3.39. The Kier molecular flexibility index (Phi) is 5.99. The van der Waals surface area contributed by atoms with Gasteiger partial charge in [-0.3, -0.25) is 4.79 Å². The highest BCUT2D eigenvalue weighted by molar-refractivity contribution is 7.90. The molecule has 0 saturated carbocycles. The molecule has 0 saturated heterocycles. The smallest absolute Gasteiger partial charge is 0.335 e. The van der Waals surface area contributed by atoms with Crippen molar-refractivity contribution in [3.63, 3.8) is 0 Å². The van der Waals surface area contributed by atoms with Crippen LogP contribution < -0.4 is 0 Å². The van der Waals surface area contributed by atoms with Crippen molar-refractivity contribution in [3.8, 4) is 0 Å². The number of hydrogen-bond acceptors (Lipinski definition) is 6. The van der Waals surface area contributed by atoms with Gasteiger partial charge in [0.2, 0.25) is 0 Å². The average molecular weight is 378 g/mol. The first-order valence-electron chi connectivity index (χ1n) is 7.70. The summed E-state index contributed by atoms with van der Waals surface area (Å²) in [6, 6.07) is 8.95. The maximum Gasteiger partial charge on any atom is 0.335 e. The third kappa shape index (κ3) is 4.60. The molecule has 0 aliphatic rings. The van der Waals surface area contributed by atoms with Crippen LogP contribution >= 0.6 is 0 Å². The molecule has 7 nitrogen and oxygen atoms in total. The highest BCUT2D eigenvalue weighted by Gasteiger charge is 2.24. The van der Waals surface area contributed by atoms with Crippen LogP contribution in [0.15, 0.2) is 57.5 Å². The first kappa shape index (κ1) is 19.5. The first-order chi connectivity index (χ1) is 12.2. The molecule has 0 radical (unpaired) electrons. The molecule has 0 unspecified atom stereocenters. The summed E-state index contributed by atoms with van der Waals surface area (Å²) in [6.07, 6.45) is 1.91. The molecular formula is C18H18O7S. The number of ether oxygens (including phenoxy) is 1. The van der Waals surface area contributed by atoms with E-state index in [1.807, 2.05) is 0 Å². The molecule has 0 fully saturated rings. The van der Waals surface area contributed by atoms with Crippen LogP contribution in [0.25, 0.3) is 5.57 Å². The zero-order valence-electron chi connectivity index (χ0n) is 14.3. The Morgan fingerprint density at radius 3 is 2.27 bits per heavy atom. The maximum atomic E-state index is 12.3. The van der Waals surface area contributed by atoms with Gasteiger partial charge >= 0.3 is 11.9 Å². The van der Waals surface area contributed by atoms with Crippen LogP contribution in [0.2, 0.25) is 0 Å². The second kappa shape index (κ2) is 8.01. The van der Waals surface area contributed by atoms with Gasteiger partial charge in [-0.25, -0.2) is 13.2 Å². The lowest BCUT2D eigenvalue weighted by molar-refractivity contribution is -0.142. The van der Waals surface area contributed by atoms with Crippen LogP contribution in [0.1, 0.15) is 24.7 Å². The molecule has 2 rings (SSSR count). The molecule has 1 heterocycles. The van der Waals surface area contributed by atoms with E-state index in [1.54, 1.807) is 19.1 Å². The number of rotatable bonds is 7. The monoisotopic (exact) mass is 378 g/mol. The van der Waals surface area contributed by atoms with Gasteiger partial charge in [-0.2, -0.15) is 0 Å². The minimum absolute atomic E-state index is 0.0820. The molecule has 1 aromatic carbocycles. The van der Waals surface area contributed by atoms with Crippen LogP contribution in [0, 0.1) is 0 Å². The van der Waals surface area contributed by atoms with Gasteiger partial charge in [0.05, 0.1) is 29.8 Å². The quantitative estimate of drug-likeness (QED) is 0.582. The molecule has 0 aliphatic heterocycles. The van der Waals surface area contributed by atoms with Gasteiger partial charge in [0.1, 0.15) is 5.76 Å². The van der Waals surface area contributed by atoms with Gasteiger partial charge in [0.15, 0.2) is 9.84 Å². The Labute approximate surface area is 150 Å². The van der Waals surface area contributed by atoms with Crippen LogP contribution in [-0.2, 0) is 24.2 Å². The summed E-state index contributed by atoms with van der Waals surface area (Å²) in [6.45, 7) is 1.70. The van der Waals surface area contributed by atoms with E-state index < -0.39 is 28.2 Å². The lowest BCUT2D eigenvalue weighted by Gasteiger charge is -2.13. The normalized spacial score (nSPS) is 12.4.